The van der Waals surface area contributed by atoms with Crippen LogP contribution in [0.1, 0.15) is 12.8 Å². The first-order valence-electron chi connectivity index (χ1n) is 6.50. The average molecular weight is 243 g/mol. The van der Waals surface area contributed by atoms with Crippen molar-refractivity contribution in [3.63, 3.8) is 0 Å². The highest BCUT2D eigenvalue weighted by Gasteiger charge is 2.15. The summed E-state index contributed by atoms with van der Waals surface area (Å²) in [4.78, 5) is 12.3. The molecule has 3 rings (SSSR count). The highest BCUT2D eigenvalue weighted by Crippen LogP contribution is 2.12. The minimum Gasteiger partial charge on any atom is -0.316 e. The summed E-state index contributed by atoms with van der Waals surface area (Å²) in [7, 11) is 0. The van der Waals surface area contributed by atoms with Crippen LogP contribution in [0.15, 0.2) is 35.3 Å². The van der Waals surface area contributed by atoms with Gasteiger partial charge in [0.2, 0.25) is 0 Å². The van der Waals surface area contributed by atoms with Gasteiger partial charge in [0.25, 0.3) is 5.56 Å². The zero-order chi connectivity index (χ0) is 12.4. The molecule has 0 saturated carbocycles. The first-order valence-corrected chi connectivity index (χ1v) is 6.50. The van der Waals surface area contributed by atoms with Gasteiger partial charge in [-0.3, -0.25) is 4.79 Å². The van der Waals surface area contributed by atoms with E-state index in [0.29, 0.717) is 5.92 Å². The molecule has 1 atom stereocenters. The average Bonchev–Trinajstić information content (AvgIpc) is 2.43. The number of hydrogen-bond acceptors (Lipinski definition) is 3. The molecule has 0 radical (unpaired) electrons. The summed E-state index contributed by atoms with van der Waals surface area (Å²) in [5.74, 6) is 0.519. The number of rotatable bonds is 2. The molecule has 1 N–H and O–H groups in total. The molecule has 4 nitrogen and oxygen atoms in total. The lowest BCUT2D eigenvalue weighted by Crippen LogP contribution is -2.35. The SMILES string of the molecule is O=c1c2ccccc2cnn1CC1CCCNC1. The molecule has 94 valence electrons. The first-order chi connectivity index (χ1) is 8.84. The fourth-order valence-corrected chi connectivity index (χ4v) is 2.58. The summed E-state index contributed by atoms with van der Waals surface area (Å²) in [5.41, 5.74) is 0.0265. The minimum absolute atomic E-state index is 0.0265. The molecule has 2 aromatic rings. The van der Waals surface area contributed by atoms with E-state index < -0.39 is 0 Å². The van der Waals surface area contributed by atoms with Crippen molar-refractivity contribution in [2.24, 2.45) is 5.92 Å². The van der Waals surface area contributed by atoms with Crippen LogP contribution in [0.25, 0.3) is 10.8 Å². The van der Waals surface area contributed by atoms with E-state index in [1.165, 1.54) is 12.8 Å². The van der Waals surface area contributed by atoms with Crippen molar-refractivity contribution >= 4 is 10.8 Å². The molecule has 18 heavy (non-hydrogen) atoms. The second kappa shape index (κ2) is 4.90. The van der Waals surface area contributed by atoms with E-state index in [1.807, 2.05) is 24.3 Å². The molecule has 1 fully saturated rings. The third-order valence-corrected chi connectivity index (χ3v) is 3.59. The van der Waals surface area contributed by atoms with E-state index in [9.17, 15) is 4.79 Å². The quantitative estimate of drug-likeness (QED) is 0.867. The van der Waals surface area contributed by atoms with Crippen molar-refractivity contribution in [2.75, 3.05) is 13.1 Å². The number of piperidine rings is 1. The van der Waals surface area contributed by atoms with Crippen molar-refractivity contribution in [1.29, 1.82) is 0 Å². The lowest BCUT2D eigenvalue weighted by atomic mass is 10.00. The van der Waals surface area contributed by atoms with Crippen molar-refractivity contribution in [1.82, 2.24) is 15.1 Å². The minimum atomic E-state index is 0.0265. The Labute approximate surface area is 106 Å². The monoisotopic (exact) mass is 243 g/mol. The standard InChI is InChI=1S/C14H17N3O/c18-14-13-6-2-1-5-12(13)9-16-17(14)10-11-4-3-7-15-8-11/h1-2,5-6,9,11,15H,3-4,7-8,10H2. The van der Waals surface area contributed by atoms with Crippen LogP contribution in [0.4, 0.5) is 0 Å². The summed E-state index contributed by atoms with van der Waals surface area (Å²) in [6.45, 7) is 2.80. The molecule has 4 heteroatoms. The Morgan fingerprint density at radius 1 is 1.39 bits per heavy atom. The number of benzene rings is 1. The van der Waals surface area contributed by atoms with Crippen LogP contribution in [0.2, 0.25) is 0 Å². The van der Waals surface area contributed by atoms with Gasteiger partial charge in [0.05, 0.1) is 11.6 Å². The molecule has 1 saturated heterocycles. The number of nitrogens with one attached hydrogen (secondary N) is 1. The lowest BCUT2D eigenvalue weighted by molar-refractivity contribution is 0.320. The Morgan fingerprint density at radius 3 is 3.11 bits per heavy atom. The summed E-state index contributed by atoms with van der Waals surface area (Å²) in [6.07, 6.45) is 4.15. The van der Waals surface area contributed by atoms with E-state index in [2.05, 4.69) is 10.4 Å². The van der Waals surface area contributed by atoms with Gasteiger partial charge >= 0.3 is 0 Å². The van der Waals surface area contributed by atoms with E-state index in [0.717, 1.165) is 30.4 Å². The first kappa shape index (κ1) is 11.4. The maximum Gasteiger partial charge on any atom is 0.274 e. The predicted molar refractivity (Wildman–Crippen MR) is 71.6 cm³/mol. The van der Waals surface area contributed by atoms with Gasteiger partial charge in [-0.25, -0.2) is 4.68 Å². The Hall–Kier alpha value is -1.68. The summed E-state index contributed by atoms with van der Waals surface area (Å²) in [5, 5.41) is 9.32. The fraction of sp³-hybridized carbons (Fsp3) is 0.429. The van der Waals surface area contributed by atoms with Crippen LogP contribution in [0.5, 0.6) is 0 Å². The number of aromatic nitrogens is 2. The van der Waals surface area contributed by atoms with Crippen LogP contribution in [-0.4, -0.2) is 22.9 Å². The molecule has 1 aliphatic rings. The van der Waals surface area contributed by atoms with Crippen molar-refractivity contribution < 1.29 is 0 Å². The van der Waals surface area contributed by atoms with Crippen LogP contribution >= 0.6 is 0 Å². The highest BCUT2D eigenvalue weighted by atomic mass is 16.1. The molecule has 0 amide bonds. The predicted octanol–water partition coefficient (Wildman–Crippen LogP) is 1.40. The van der Waals surface area contributed by atoms with Crippen LogP contribution in [0, 0.1) is 5.92 Å². The van der Waals surface area contributed by atoms with Crippen LogP contribution < -0.4 is 10.9 Å². The Kier molecular flexibility index (Phi) is 3.11. The van der Waals surface area contributed by atoms with Gasteiger partial charge in [0.15, 0.2) is 0 Å². The molecule has 2 heterocycles. The van der Waals surface area contributed by atoms with Crippen molar-refractivity contribution in [3.05, 3.63) is 40.8 Å². The third-order valence-electron chi connectivity index (χ3n) is 3.59. The normalized spacial score (nSPS) is 20.1. The van der Waals surface area contributed by atoms with Crippen molar-refractivity contribution in [2.45, 2.75) is 19.4 Å². The molecular weight excluding hydrogens is 226 g/mol. The van der Waals surface area contributed by atoms with Gasteiger partial charge in [0.1, 0.15) is 0 Å². The second-order valence-corrected chi connectivity index (χ2v) is 4.93. The Morgan fingerprint density at radius 2 is 2.28 bits per heavy atom. The topological polar surface area (TPSA) is 46.9 Å². The number of nitrogens with zero attached hydrogens (tertiary/aromatic N) is 2. The van der Waals surface area contributed by atoms with Gasteiger partial charge in [-0.05, 0) is 37.9 Å². The smallest absolute Gasteiger partial charge is 0.274 e. The maximum absolute atomic E-state index is 12.3. The third kappa shape index (κ3) is 2.16. The summed E-state index contributed by atoms with van der Waals surface area (Å²) < 4.78 is 1.61. The molecular formula is C14H17N3O. The molecule has 0 spiro atoms. The van der Waals surface area contributed by atoms with Gasteiger partial charge in [0, 0.05) is 11.9 Å². The number of hydrogen-bond donors (Lipinski definition) is 1. The van der Waals surface area contributed by atoms with Gasteiger partial charge in [-0.1, -0.05) is 18.2 Å². The van der Waals surface area contributed by atoms with E-state index in [4.69, 9.17) is 0 Å². The molecule has 1 aromatic heterocycles. The molecule has 1 aromatic carbocycles. The zero-order valence-electron chi connectivity index (χ0n) is 10.3. The van der Waals surface area contributed by atoms with Crippen LogP contribution in [0.3, 0.4) is 0 Å². The zero-order valence-corrected chi connectivity index (χ0v) is 10.3. The van der Waals surface area contributed by atoms with Crippen molar-refractivity contribution in [3.8, 4) is 0 Å². The largest absolute Gasteiger partial charge is 0.316 e. The maximum atomic E-state index is 12.3. The Balaban J connectivity index is 1.92. The van der Waals surface area contributed by atoms with E-state index >= 15 is 0 Å². The van der Waals surface area contributed by atoms with E-state index in [-0.39, 0.29) is 5.56 Å². The highest BCUT2D eigenvalue weighted by molar-refractivity contribution is 5.80. The molecule has 1 aliphatic heterocycles. The molecule has 0 aliphatic carbocycles. The Bertz CT molecular complexity index is 599. The van der Waals surface area contributed by atoms with Gasteiger partial charge in [-0.2, -0.15) is 5.10 Å². The van der Waals surface area contributed by atoms with Gasteiger partial charge in [-0.15, -0.1) is 0 Å². The molecule has 0 bridgehead atoms. The summed E-state index contributed by atoms with van der Waals surface area (Å²) in [6, 6.07) is 7.63. The van der Waals surface area contributed by atoms with Gasteiger partial charge < -0.3 is 5.32 Å². The number of fused-ring (bicyclic) bond motifs is 1. The summed E-state index contributed by atoms with van der Waals surface area (Å²) >= 11 is 0. The fourth-order valence-electron chi connectivity index (χ4n) is 2.58. The second-order valence-electron chi connectivity index (χ2n) is 4.93. The lowest BCUT2D eigenvalue weighted by Gasteiger charge is -2.22. The molecule has 1 unspecified atom stereocenters. The van der Waals surface area contributed by atoms with Crippen LogP contribution in [-0.2, 0) is 6.54 Å². The van der Waals surface area contributed by atoms with E-state index in [1.54, 1.807) is 10.9 Å².